The van der Waals surface area contributed by atoms with Crippen LogP contribution in [-0.4, -0.2) is 68.6 Å². The molecule has 9 rings (SSSR count). The van der Waals surface area contributed by atoms with Gasteiger partial charge in [-0.1, -0.05) is 23.5 Å². The number of fused-ring (bicyclic) bond motifs is 5. The molecule has 2 aliphatic carbocycles. The van der Waals surface area contributed by atoms with E-state index in [1.807, 2.05) is 0 Å². The molecule has 0 radical (unpaired) electrons. The second-order valence-electron chi connectivity index (χ2n) is 15.5. The summed E-state index contributed by atoms with van der Waals surface area (Å²) in [6.45, 7) is -0.629. The third-order valence-corrected chi connectivity index (χ3v) is 13.0. The fourth-order valence-corrected chi connectivity index (χ4v) is 10.2. The monoisotopic (exact) mass is 890 g/mol. The molecule has 1 aliphatic heterocycles. The number of sulfonamides is 1. The number of alkyl halides is 5. The van der Waals surface area contributed by atoms with Crippen molar-refractivity contribution >= 4 is 65.4 Å². The molecule has 2 amide bonds. The highest BCUT2D eigenvalue weighted by Gasteiger charge is 2.63. The summed E-state index contributed by atoms with van der Waals surface area (Å²) in [6, 6.07) is 7.17. The number of halogens is 7. The molecule has 4 N–H and O–H groups in total. The van der Waals surface area contributed by atoms with Gasteiger partial charge in [0.2, 0.25) is 21.8 Å². The highest BCUT2D eigenvalue weighted by atomic mass is 32.2. The van der Waals surface area contributed by atoms with Crippen molar-refractivity contribution < 1.29 is 48.7 Å². The molecule has 4 aromatic heterocycles. The summed E-state index contributed by atoms with van der Waals surface area (Å²) in [7, 11) is -2.25. The molecule has 320 valence electrons. The van der Waals surface area contributed by atoms with Crippen molar-refractivity contribution in [3.05, 3.63) is 82.3 Å². The van der Waals surface area contributed by atoms with Gasteiger partial charge in [-0.25, -0.2) is 22.2 Å². The number of thiazole rings is 1. The Morgan fingerprint density at radius 1 is 1.03 bits per heavy atom. The van der Waals surface area contributed by atoms with Crippen LogP contribution in [0.25, 0.3) is 32.4 Å². The molecule has 14 nitrogen and oxygen atoms in total. The Morgan fingerprint density at radius 2 is 1.77 bits per heavy atom. The maximum absolute atomic E-state index is 15.7. The number of hydrogen-bond donors (Lipinski definition) is 3. The average molecular weight is 891 g/mol. The van der Waals surface area contributed by atoms with Crippen molar-refractivity contribution in [1.29, 1.82) is 0 Å². The number of para-hydroxylation sites is 1. The average Bonchev–Trinajstić information content (AvgIpc) is 3.80. The second-order valence-corrected chi connectivity index (χ2v) is 18.2. The number of pyridine rings is 1. The largest absolute Gasteiger partial charge is 0.435 e. The molecular weight excluding hydrogens is 858 g/mol. The molecule has 1 saturated heterocycles. The fourth-order valence-electron chi connectivity index (χ4n) is 8.70. The van der Waals surface area contributed by atoms with Crippen molar-refractivity contribution in [1.82, 2.24) is 34.8 Å². The first kappa shape index (κ1) is 40.6. The lowest BCUT2D eigenvalue weighted by molar-refractivity contribution is -0.144. The van der Waals surface area contributed by atoms with Crippen LogP contribution in [0.5, 0.6) is 0 Å². The quantitative estimate of drug-likeness (QED) is 0.134. The predicted octanol–water partition coefficient (Wildman–Crippen LogP) is 5.87. The van der Waals surface area contributed by atoms with E-state index >= 15 is 8.78 Å². The van der Waals surface area contributed by atoms with E-state index in [2.05, 4.69) is 25.2 Å². The van der Waals surface area contributed by atoms with Crippen LogP contribution in [0.3, 0.4) is 0 Å². The predicted molar refractivity (Wildman–Crippen MR) is 208 cm³/mol. The van der Waals surface area contributed by atoms with Gasteiger partial charge in [-0.05, 0) is 61.4 Å². The Balaban J connectivity index is 1.20. The van der Waals surface area contributed by atoms with Crippen molar-refractivity contribution in [2.75, 3.05) is 22.4 Å². The number of amides is 2. The number of nitrogens with zero attached hydrogens (tertiary/aromatic N) is 7. The van der Waals surface area contributed by atoms with Crippen LogP contribution in [-0.2, 0) is 51.7 Å². The zero-order chi connectivity index (χ0) is 43.5. The van der Waals surface area contributed by atoms with E-state index in [0.717, 1.165) is 18.4 Å². The second kappa shape index (κ2) is 14.1. The molecule has 2 aromatic carbocycles. The van der Waals surface area contributed by atoms with Gasteiger partial charge < -0.3 is 16.0 Å². The number of rotatable bonds is 11. The van der Waals surface area contributed by atoms with E-state index in [9.17, 15) is 40.0 Å². The van der Waals surface area contributed by atoms with Crippen molar-refractivity contribution in [2.24, 2.45) is 18.7 Å². The minimum Gasteiger partial charge on any atom is -0.368 e. The maximum atomic E-state index is 15.7. The van der Waals surface area contributed by atoms with Crippen LogP contribution in [0.1, 0.15) is 59.4 Å². The van der Waals surface area contributed by atoms with Gasteiger partial charge in [0.05, 0.1) is 28.2 Å². The van der Waals surface area contributed by atoms with Gasteiger partial charge in [-0.3, -0.25) is 23.7 Å². The van der Waals surface area contributed by atoms with Crippen LogP contribution in [0.15, 0.2) is 42.5 Å². The van der Waals surface area contributed by atoms with Crippen molar-refractivity contribution in [3.63, 3.8) is 0 Å². The molecule has 1 saturated carbocycles. The van der Waals surface area contributed by atoms with Gasteiger partial charge in [0.1, 0.15) is 29.9 Å². The SMILES string of the molecule is Cn1nc(NS(C)(=O)=O)c2cccc(-c3cc4sc(N5CCC5C(N)=O)nc4nc3[C@H](Cc3cc(F)cc(F)c3)NC(=O)Cn3nc(C(F)(F)F)c4c3C(F)(F)[C@@H]3CC[C@H]43)c21. The zero-order valence-corrected chi connectivity index (χ0v) is 33.5. The molecule has 0 spiro atoms. The Hall–Kier alpha value is -5.84. The number of primary amides is 1. The Bertz CT molecular complexity index is 2910. The van der Waals surface area contributed by atoms with E-state index in [-0.39, 0.29) is 47.5 Å². The van der Waals surface area contributed by atoms with Gasteiger partial charge in [0.25, 0.3) is 5.92 Å². The number of aromatic nitrogens is 6. The normalized spacial score (nSPS) is 20.0. The highest BCUT2D eigenvalue weighted by Crippen LogP contribution is 2.64. The molecule has 23 heteroatoms. The number of carbonyl (C=O) groups excluding carboxylic acids is 2. The van der Waals surface area contributed by atoms with Gasteiger partial charge >= 0.3 is 6.18 Å². The van der Waals surface area contributed by atoms with E-state index in [0.29, 0.717) is 50.0 Å². The summed E-state index contributed by atoms with van der Waals surface area (Å²) in [4.78, 5) is 37.4. The third kappa shape index (κ3) is 6.99. The summed E-state index contributed by atoms with van der Waals surface area (Å²) in [6.07, 6.45) is -3.94. The first-order valence-electron chi connectivity index (χ1n) is 18.8. The maximum Gasteiger partial charge on any atom is 0.435 e. The Labute approximate surface area is 345 Å². The van der Waals surface area contributed by atoms with Gasteiger partial charge in [0, 0.05) is 47.7 Å². The molecule has 0 bridgehead atoms. The lowest BCUT2D eigenvalue weighted by atomic mass is 9.73. The minimum absolute atomic E-state index is 0.00641. The zero-order valence-electron chi connectivity index (χ0n) is 31.9. The summed E-state index contributed by atoms with van der Waals surface area (Å²) in [5.41, 5.74) is 3.69. The van der Waals surface area contributed by atoms with Crippen molar-refractivity contribution in [2.45, 2.75) is 62.3 Å². The number of nitrogens with two attached hydrogens (primary N) is 1. The first-order chi connectivity index (χ1) is 28.7. The molecule has 3 aliphatic rings. The summed E-state index contributed by atoms with van der Waals surface area (Å²) in [5.74, 6) is -9.72. The van der Waals surface area contributed by atoms with Crippen LogP contribution in [0, 0.1) is 17.6 Å². The summed E-state index contributed by atoms with van der Waals surface area (Å²) in [5, 5.41) is 11.3. The van der Waals surface area contributed by atoms with Gasteiger partial charge in [-0.2, -0.15) is 37.1 Å². The van der Waals surface area contributed by atoms with Gasteiger partial charge in [-0.15, -0.1) is 0 Å². The van der Waals surface area contributed by atoms with Crippen LogP contribution < -0.4 is 20.7 Å². The highest BCUT2D eigenvalue weighted by molar-refractivity contribution is 7.92. The Morgan fingerprint density at radius 3 is 2.39 bits per heavy atom. The number of anilines is 2. The van der Waals surface area contributed by atoms with Gasteiger partial charge in [0.15, 0.2) is 22.3 Å². The van der Waals surface area contributed by atoms with Crippen LogP contribution >= 0.6 is 11.3 Å². The van der Waals surface area contributed by atoms with Crippen LogP contribution in [0.2, 0.25) is 0 Å². The van der Waals surface area contributed by atoms with Crippen molar-refractivity contribution in [3.8, 4) is 11.1 Å². The molecule has 6 aromatic rings. The number of aryl methyl sites for hydroxylation is 1. The molecule has 1 unspecified atom stereocenters. The molecule has 2 fully saturated rings. The van der Waals surface area contributed by atoms with E-state index in [1.54, 1.807) is 36.2 Å². The molecule has 61 heavy (non-hydrogen) atoms. The van der Waals surface area contributed by atoms with E-state index < -0.39 is 93.0 Å². The third-order valence-electron chi connectivity index (χ3n) is 11.4. The summed E-state index contributed by atoms with van der Waals surface area (Å²) < 4.78 is 133. The standard InChI is InChI=1S/C38H33F7N10O4S2/c1-53-30-19(4-3-5-21(30)34(51-53)52-61(2,58)59)22-14-26-35(49-36(60-26)54-9-8-25(54)33(46)57)48-29(22)24(12-16-10-17(39)13-18(40)11-16)47-27(56)15-55-32-28(31(50-55)38(43,44)45)20-6-7-23(20)37(32,41)42/h3-5,10-11,13-14,20,23-25H,6-9,12,15H2,1-2H3,(H2,46,57)(H,47,56)(H,51,52)/t20-,23+,24-,25?/m0/s1. The molecular formula is C38H33F7N10O4S2. The lowest BCUT2D eigenvalue weighted by Gasteiger charge is -2.38. The molecule has 5 heterocycles. The van der Waals surface area contributed by atoms with E-state index in [4.69, 9.17) is 10.7 Å². The van der Waals surface area contributed by atoms with Crippen LogP contribution in [0.4, 0.5) is 41.7 Å². The number of benzene rings is 2. The number of hydrogen-bond acceptors (Lipinski definition) is 10. The first-order valence-corrected chi connectivity index (χ1v) is 21.5. The fraction of sp³-hybridized carbons (Fsp3) is 0.368. The summed E-state index contributed by atoms with van der Waals surface area (Å²) >= 11 is 1.17. The van der Waals surface area contributed by atoms with E-state index in [1.165, 1.54) is 16.0 Å². The Kier molecular flexibility index (Phi) is 9.38. The number of carbonyl (C=O) groups is 2. The molecule has 4 atom stereocenters. The lowest BCUT2D eigenvalue weighted by Crippen LogP contribution is -2.55. The topological polar surface area (TPSA) is 183 Å². The minimum atomic E-state index is -5.09. The smallest absolute Gasteiger partial charge is 0.368 e. The number of nitrogens with one attached hydrogen (secondary N) is 2.